The van der Waals surface area contributed by atoms with E-state index in [0.717, 1.165) is 44.6 Å². The highest BCUT2D eigenvalue weighted by Gasteiger charge is 2.19. The number of nitrogens with zero attached hydrogens (tertiary/aromatic N) is 2. The predicted octanol–water partition coefficient (Wildman–Crippen LogP) is 1.75. The minimum absolute atomic E-state index is 0.372. The van der Waals surface area contributed by atoms with Crippen molar-refractivity contribution in [1.82, 2.24) is 9.78 Å². The number of aliphatic hydroxyl groups is 1. The minimum atomic E-state index is -0.372. The molecule has 16 heavy (non-hydrogen) atoms. The van der Waals surface area contributed by atoms with Gasteiger partial charge in [0.05, 0.1) is 12.3 Å². The van der Waals surface area contributed by atoms with Gasteiger partial charge >= 0.3 is 0 Å². The maximum atomic E-state index is 10.1. The Bertz CT molecular complexity index is 319. The highest BCUT2D eigenvalue weighted by atomic mass is 16.5. The fourth-order valence-corrected chi connectivity index (χ4v) is 2.16. The number of aryl methyl sites for hydroxylation is 1. The Morgan fingerprint density at radius 3 is 2.94 bits per heavy atom. The van der Waals surface area contributed by atoms with Gasteiger partial charge in [-0.25, -0.2) is 0 Å². The number of rotatable bonds is 4. The van der Waals surface area contributed by atoms with Crippen LogP contribution in [-0.4, -0.2) is 28.1 Å². The van der Waals surface area contributed by atoms with Crippen LogP contribution in [0.3, 0.4) is 0 Å². The first kappa shape index (κ1) is 11.6. The van der Waals surface area contributed by atoms with E-state index in [0.29, 0.717) is 5.92 Å². The van der Waals surface area contributed by atoms with E-state index in [1.807, 2.05) is 17.8 Å². The van der Waals surface area contributed by atoms with E-state index in [-0.39, 0.29) is 6.10 Å². The van der Waals surface area contributed by atoms with Crippen molar-refractivity contribution in [2.45, 2.75) is 38.8 Å². The summed E-state index contributed by atoms with van der Waals surface area (Å²) >= 11 is 0. The average molecular weight is 224 g/mol. The van der Waals surface area contributed by atoms with Crippen LogP contribution in [0.1, 0.15) is 37.9 Å². The lowest BCUT2D eigenvalue weighted by molar-refractivity contribution is 0.0435. The summed E-state index contributed by atoms with van der Waals surface area (Å²) in [6.07, 6.45) is 6.30. The maximum Gasteiger partial charge on any atom is 0.0823 e. The number of aliphatic hydroxyl groups excluding tert-OH is 1. The Morgan fingerprint density at radius 1 is 1.56 bits per heavy atom. The van der Waals surface area contributed by atoms with Crippen LogP contribution < -0.4 is 0 Å². The quantitative estimate of drug-likeness (QED) is 0.847. The zero-order valence-corrected chi connectivity index (χ0v) is 9.80. The molecule has 0 amide bonds. The summed E-state index contributed by atoms with van der Waals surface area (Å²) in [5, 5.41) is 14.3. The molecule has 0 spiro atoms. The Labute approximate surface area is 96.2 Å². The topological polar surface area (TPSA) is 47.3 Å². The molecule has 1 aromatic heterocycles. The molecule has 0 bridgehead atoms. The summed E-state index contributed by atoms with van der Waals surface area (Å²) in [4.78, 5) is 0. The van der Waals surface area contributed by atoms with E-state index >= 15 is 0 Å². The van der Waals surface area contributed by atoms with Gasteiger partial charge in [0, 0.05) is 31.5 Å². The molecule has 1 fully saturated rings. The Kier molecular flexibility index (Phi) is 3.96. The Morgan fingerprint density at radius 2 is 2.31 bits per heavy atom. The number of ether oxygens (including phenoxy) is 1. The van der Waals surface area contributed by atoms with Crippen molar-refractivity contribution in [1.29, 1.82) is 0 Å². The predicted molar refractivity (Wildman–Crippen MR) is 61.0 cm³/mol. The molecule has 2 heterocycles. The maximum absolute atomic E-state index is 10.1. The van der Waals surface area contributed by atoms with E-state index in [2.05, 4.69) is 5.10 Å². The molecular weight excluding hydrogens is 204 g/mol. The second-order valence-corrected chi connectivity index (χ2v) is 4.44. The molecule has 1 saturated heterocycles. The van der Waals surface area contributed by atoms with Crippen LogP contribution in [0.25, 0.3) is 0 Å². The van der Waals surface area contributed by atoms with Crippen LogP contribution >= 0.6 is 0 Å². The zero-order valence-electron chi connectivity index (χ0n) is 9.80. The van der Waals surface area contributed by atoms with Gasteiger partial charge in [-0.05, 0) is 32.1 Å². The SMILES string of the molecule is CCn1cc(C(O)CC2CCOCC2)cn1. The summed E-state index contributed by atoms with van der Waals surface area (Å²) in [5.41, 5.74) is 0.938. The summed E-state index contributed by atoms with van der Waals surface area (Å²) in [5.74, 6) is 0.591. The molecule has 90 valence electrons. The van der Waals surface area contributed by atoms with Gasteiger partial charge in [0.25, 0.3) is 0 Å². The number of aromatic nitrogens is 2. The molecule has 0 saturated carbocycles. The van der Waals surface area contributed by atoms with E-state index in [1.54, 1.807) is 6.20 Å². The lowest BCUT2D eigenvalue weighted by Crippen LogP contribution is -2.17. The molecule has 4 nitrogen and oxygen atoms in total. The van der Waals surface area contributed by atoms with E-state index < -0.39 is 0 Å². The first-order chi connectivity index (χ1) is 7.79. The van der Waals surface area contributed by atoms with Gasteiger partial charge in [-0.2, -0.15) is 5.10 Å². The van der Waals surface area contributed by atoms with Crippen molar-refractivity contribution >= 4 is 0 Å². The van der Waals surface area contributed by atoms with Gasteiger partial charge in [0.15, 0.2) is 0 Å². The normalized spacial score (nSPS) is 19.9. The molecule has 1 aromatic rings. The molecule has 1 aliphatic rings. The highest BCUT2D eigenvalue weighted by Crippen LogP contribution is 2.27. The van der Waals surface area contributed by atoms with Crippen molar-refractivity contribution in [2.75, 3.05) is 13.2 Å². The molecule has 0 radical (unpaired) electrons. The van der Waals surface area contributed by atoms with Crippen molar-refractivity contribution in [3.63, 3.8) is 0 Å². The van der Waals surface area contributed by atoms with E-state index in [4.69, 9.17) is 4.74 Å². The van der Waals surface area contributed by atoms with Crippen LogP contribution in [0.2, 0.25) is 0 Å². The van der Waals surface area contributed by atoms with Gasteiger partial charge in [-0.3, -0.25) is 4.68 Å². The Hall–Kier alpha value is -0.870. The first-order valence-electron chi connectivity index (χ1n) is 6.07. The lowest BCUT2D eigenvalue weighted by Gasteiger charge is -2.23. The average Bonchev–Trinajstić information content (AvgIpc) is 2.79. The molecule has 0 aliphatic carbocycles. The second-order valence-electron chi connectivity index (χ2n) is 4.44. The smallest absolute Gasteiger partial charge is 0.0823 e. The van der Waals surface area contributed by atoms with E-state index in [1.165, 1.54) is 0 Å². The monoisotopic (exact) mass is 224 g/mol. The molecule has 1 atom stereocenters. The fourth-order valence-electron chi connectivity index (χ4n) is 2.16. The third-order valence-corrected chi connectivity index (χ3v) is 3.26. The fraction of sp³-hybridized carbons (Fsp3) is 0.750. The van der Waals surface area contributed by atoms with Crippen LogP contribution in [0, 0.1) is 5.92 Å². The van der Waals surface area contributed by atoms with Crippen molar-refractivity contribution in [2.24, 2.45) is 5.92 Å². The van der Waals surface area contributed by atoms with Gasteiger partial charge < -0.3 is 9.84 Å². The summed E-state index contributed by atoms with van der Waals surface area (Å²) in [6.45, 7) is 4.57. The molecule has 4 heteroatoms. The second kappa shape index (κ2) is 5.46. The molecule has 1 aliphatic heterocycles. The Balaban J connectivity index is 1.88. The van der Waals surface area contributed by atoms with Gasteiger partial charge in [0.2, 0.25) is 0 Å². The molecule has 0 aromatic carbocycles. The van der Waals surface area contributed by atoms with E-state index in [9.17, 15) is 5.11 Å². The van der Waals surface area contributed by atoms with Crippen LogP contribution in [0.5, 0.6) is 0 Å². The van der Waals surface area contributed by atoms with Gasteiger partial charge in [-0.1, -0.05) is 0 Å². The minimum Gasteiger partial charge on any atom is -0.388 e. The molecule has 1 unspecified atom stereocenters. The highest BCUT2D eigenvalue weighted by molar-refractivity contribution is 5.08. The largest absolute Gasteiger partial charge is 0.388 e. The molecular formula is C12H20N2O2. The van der Waals surface area contributed by atoms with Crippen LogP contribution in [0.4, 0.5) is 0 Å². The summed E-state index contributed by atoms with van der Waals surface area (Å²) < 4.78 is 7.16. The first-order valence-corrected chi connectivity index (χ1v) is 6.07. The van der Waals surface area contributed by atoms with Crippen LogP contribution in [-0.2, 0) is 11.3 Å². The third kappa shape index (κ3) is 2.83. The molecule has 2 rings (SSSR count). The van der Waals surface area contributed by atoms with Crippen molar-refractivity contribution in [3.8, 4) is 0 Å². The standard InChI is InChI=1S/C12H20N2O2/c1-2-14-9-11(8-13-14)12(15)7-10-3-5-16-6-4-10/h8-10,12,15H,2-7H2,1H3. The number of hydrogen-bond acceptors (Lipinski definition) is 3. The van der Waals surface area contributed by atoms with Crippen molar-refractivity contribution in [3.05, 3.63) is 18.0 Å². The van der Waals surface area contributed by atoms with Crippen LogP contribution in [0.15, 0.2) is 12.4 Å². The zero-order chi connectivity index (χ0) is 11.4. The summed E-state index contributed by atoms with van der Waals surface area (Å²) in [7, 11) is 0. The van der Waals surface area contributed by atoms with Gasteiger partial charge in [-0.15, -0.1) is 0 Å². The third-order valence-electron chi connectivity index (χ3n) is 3.26. The molecule has 1 N–H and O–H groups in total. The lowest BCUT2D eigenvalue weighted by atomic mass is 9.92. The summed E-state index contributed by atoms with van der Waals surface area (Å²) in [6, 6.07) is 0. The van der Waals surface area contributed by atoms with Crippen molar-refractivity contribution < 1.29 is 9.84 Å². The number of hydrogen-bond donors (Lipinski definition) is 1. The van der Waals surface area contributed by atoms with Gasteiger partial charge in [0.1, 0.15) is 0 Å².